The number of hydrogen-bond acceptors (Lipinski definition) is 7. The highest BCUT2D eigenvalue weighted by atomic mass is 16.6. The molecule has 37 heavy (non-hydrogen) atoms. The molecule has 3 heterocycles. The molecule has 1 aromatic carbocycles. The second-order valence-electron chi connectivity index (χ2n) is 11.2. The number of phenolic OH excluding ortho intramolecular Hbond substituents is 1. The summed E-state index contributed by atoms with van der Waals surface area (Å²) in [5.74, 6) is 0.144. The molecule has 0 radical (unpaired) electrons. The van der Waals surface area contributed by atoms with Crippen molar-refractivity contribution in [3.63, 3.8) is 0 Å². The smallest absolute Gasteiger partial charge is 0.317 e. The number of carbonyl (C=O) groups excluding carboxylic acids is 2. The van der Waals surface area contributed by atoms with Crippen LogP contribution in [0.15, 0.2) is 24.3 Å². The fraction of sp³-hybridized carbons (Fsp3) is 0.552. The van der Waals surface area contributed by atoms with Gasteiger partial charge in [-0.1, -0.05) is 38.8 Å². The molecule has 1 N–H and O–H groups in total. The van der Waals surface area contributed by atoms with E-state index in [4.69, 9.17) is 4.74 Å². The molecule has 1 aliphatic heterocycles. The zero-order chi connectivity index (χ0) is 26.3. The normalized spacial score (nSPS) is 22.8. The summed E-state index contributed by atoms with van der Waals surface area (Å²) in [6, 6.07) is 7.61. The highest BCUT2D eigenvalue weighted by Crippen LogP contribution is 2.45. The number of aryl methyl sites for hydroxylation is 3. The molecule has 3 aromatic rings. The Balaban J connectivity index is 1.36. The quantitative estimate of drug-likeness (QED) is 0.364. The van der Waals surface area contributed by atoms with E-state index in [1.165, 1.54) is 0 Å². The molecular weight excluding hydrogens is 468 g/mol. The number of carbonyl (C=O) groups is 2. The van der Waals surface area contributed by atoms with Crippen LogP contribution in [0, 0.1) is 25.7 Å². The maximum absolute atomic E-state index is 13.5. The van der Waals surface area contributed by atoms with Gasteiger partial charge in [0.05, 0.1) is 0 Å². The fourth-order valence-electron chi connectivity index (χ4n) is 6.13. The van der Waals surface area contributed by atoms with Crippen LogP contribution in [-0.2, 0) is 27.2 Å². The van der Waals surface area contributed by atoms with E-state index < -0.39 is 17.5 Å². The molecule has 0 bridgehead atoms. The number of nitrogens with zero attached hydrogens (tertiary/aromatic N) is 4. The molecule has 2 aliphatic rings. The lowest BCUT2D eigenvalue weighted by atomic mass is 9.73. The standard InChI is InChI=1S/C29H36N4O4/c1-17(2)22-14-20(9-10-24(22)34)11-12-29(21-7-5-6-8-21)16-25(35)23(27(36)37-29)15-26-31-28-30-18(3)13-19(4)33(28)32-26/h9-10,13-14,17,21,23,34H,5-8,11-12,15-16H2,1-4H3. The van der Waals surface area contributed by atoms with E-state index in [0.717, 1.165) is 48.2 Å². The molecule has 8 nitrogen and oxygen atoms in total. The third-order valence-corrected chi connectivity index (χ3v) is 8.15. The number of fused-ring (bicyclic) bond motifs is 1. The molecule has 8 heteroatoms. The van der Waals surface area contributed by atoms with Gasteiger partial charge in [-0.2, -0.15) is 4.98 Å². The Labute approximate surface area is 217 Å². The van der Waals surface area contributed by atoms with Gasteiger partial charge in [-0.3, -0.25) is 9.59 Å². The van der Waals surface area contributed by atoms with Crippen molar-refractivity contribution in [2.75, 3.05) is 0 Å². The van der Waals surface area contributed by atoms with Crippen molar-refractivity contribution in [3.8, 4) is 5.75 Å². The SMILES string of the molecule is Cc1cc(C)n2nc(CC3C(=O)CC(CCc4ccc(O)c(C(C)C)c4)(C4CCCC4)OC3=O)nc2n1. The van der Waals surface area contributed by atoms with E-state index in [-0.39, 0.29) is 30.5 Å². The number of benzene rings is 1. The van der Waals surface area contributed by atoms with Crippen LogP contribution in [0.25, 0.3) is 5.78 Å². The fourth-order valence-corrected chi connectivity index (χ4v) is 6.13. The molecule has 2 unspecified atom stereocenters. The first-order chi connectivity index (χ1) is 17.6. The van der Waals surface area contributed by atoms with E-state index in [9.17, 15) is 14.7 Å². The lowest BCUT2D eigenvalue weighted by Crippen LogP contribution is -2.52. The van der Waals surface area contributed by atoms with Gasteiger partial charge in [-0.25, -0.2) is 9.50 Å². The first kappa shape index (κ1) is 25.4. The van der Waals surface area contributed by atoms with E-state index in [2.05, 4.69) is 28.9 Å². The summed E-state index contributed by atoms with van der Waals surface area (Å²) in [5.41, 5.74) is 2.95. The maximum atomic E-state index is 13.5. The zero-order valence-corrected chi connectivity index (χ0v) is 22.2. The molecule has 2 aromatic heterocycles. The molecule has 2 fully saturated rings. The number of aromatic nitrogens is 4. The number of cyclic esters (lactones) is 1. The number of phenols is 1. The van der Waals surface area contributed by atoms with Crippen molar-refractivity contribution in [2.24, 2.45) is 11.8 Å². The van der Waals surface area contributed by atoms with Crippen molar-refractivity contribution in [1.29, 1.82) is 0 Å². The molecule has 1 saturated carbocycles. The molecule has 0 amide bonds. The highest BCUT2D eigenvalue weighted by molar-refractivity contribution is 6.01. The number of rotatable bonds is 7. The van der Waals surface area contributed by atoms with Gasteiger partial charge in [0, 0.05) is 24.2 Å². The van der Waals surface area contributed by atoms with Gasteiger partial charge in [0.1, 0.15) is 17.3 Å². The lowest BCUT2D eigenvalue weighted by Gasteiger charge is -2.43. The zero-order valence-electron chi connectivity index (χ0n) is 22.2. The lowest BCUT2D eigenvalue weighted by molar-refractivity contribution is -0.185. The average molecular weight is 505 g/mol. The second-order valence-corrected chi connectivity index (χ2v) is 11.2. The van der Waals surface area contributed by atoms with E-state index in [0.29, 0.717) is 30.2 Å². The summed E-state index contributed by atoms with van der Waals surface area (Å²) in [7, 11) is 0. The third kappa shape index (κ3) is 4.98. The maximum Gasteiger partial charge on any atom is 0.317 e. The molecule has 1 saturated heterocycles. The van der Waals surface area contributed by atoms with E-state index in [1.807, 2.05) is 32.0 Å². The van der Waals surface area contributed by atoms with Crippen LogP contribution < -0.4 is 0 Å². The molecule has 2 atom stereocenters. The first-order valence-electron chi connectivity index (χ1n) is 13.4. The van der Waals surface area contributed by atoms with Crippen LogP contribution in [0.3, 0.4) is 0 Å². The summed E-state index contributed by atoms with van der Waals surface area (Å²) in [5, 5.41) is 14.7. The van der Waals surface area contributed by atoms with Crippen LogP contribution in [-0.4, -0.2) is 42.0 Å². The largest absolute Gasteiger partial charge is 0.508 e. The summed E-state index contributed by atoms with van der Waals surface area (Å²) >= 11 is 0. The Morgan fingerprint density at radius 1 is 1.14 bits per heavy atom. The Bertz CT molecular complexity index is 1320. The summed E-state index contributed by atoms with van der Waals surface area (Å²) in [6.07, 6.45) is 5.75. The number of aromatic hydroxyl groups is 1. The summed E-state index contributed by atoms with van der Waals surface area (Å²) in [4.78, 5) is 35.8. The van der Waals surface area contributed by atoms with Crippen LogP contribution >= 0.6 is 0 Å². The number of Topliss-reactive ketones (excluding diaryl/α,β-unsaturated/α-hetero) is 1. The van der Waals surface area contributed by atoms with Crippen molar-refractivity contribution < 1.29 is 19.4 Å². The third-order valence-electron chi connectivity index (χ3n) is 8.15. The van der Waals surface area contributed by atoms with Crippen molar-refractivity contribution in [3.05, 3.63) is 52.6 Å². The minimum atomic E-state index is -0.894. The Kier molecular flexibility index (Phi) is 6.77. The highest BCUT2D eigenvalue weighted by Gasteiger charge is 2.51. The Morgan fingerprint density at radius 2 is 1.89 bits per heavy atom. The number of ether oxygens (including phenoxy) is 1. The Morgan fingerprint density at radius 3 is 2.59 bits per heavy atom. The average Bonchev–Trinajstić information content (AvgIpc) is 3.51. The minimum Gasteiger partial charge on any atom is -0.508 e. The van der Waals surface area contributed by atoms with Crippen molar-refractivity contribution in [1.82, 2.24) is 19.6 Å². The summed E-state index contributed by atoms with van der Waals surface area (Å²) < 4.78 is 7.91. The summed E-state index contributed by atoms with van der Waals surface area (Å²) in [6.45, 7) is 7.93. The first-order valence-corrected chi connectivity index (χ1v) is 13.4. The minimum absolute atomic E-state index is 0.0866. The molecule has 5 rings (SSSR count). The number of esters is 1. The van der Waals surface area contributed by atoms with Gasteiger partial charge in [-0.15, -0.1) is 5.10 Å². The molecule has 196 valence electrons. The molecule has 1 aliphatic carbocycles. The van der Waals surface area contributed by atoms with E-state index >= 15 is 0 Å². The van der Waals surface area contributed by atoms with Crippen LogP contribution in [0.2, 0.25) is 0 Å². The van der Waals surface area contributed by atoms with Gasteiger partial charge in [0.25, 0.3) is 5.78 Å². The Hall–Kier alpha value is -3.29. The van der Waals surface area contributed by atoms with Gasteiger partial charge in [-0.05, 0) is 74.6 Å². The predicted octanol–water partition coefficient (Wildman–Crippen LogP) is 4.81. The van der Waals surface area contributed by atoms with Gasteiger partial charge < -0.3 is 9.84 Å². The monoisotopic (exact) mass is 504 g/mol. The van der Waals surface area contributed by atoms with Gasteiger partial charge in [0.2, 0.25) is 0 Å². The van der Waals surface area contributed by atoms with Crippen LogP contribution in [0.5, 0.6) is 5.75 Å². The van der Waals surface area contributed by atoms with Gasteiger partial charge >= 0.3 is 5.97 Å². The van der Waals surface area contributed by atoms with Crippen molar-refractivity contribution >= 4 is 17.5 Å². The van der Waals surface area contributed by atoms with Crippen LogP contribution in [0.1, 0.15) is 86.6 Å². The van der Waals surface area contributed by atoms with E-state index in [1.54, 1.807) is 10.6 Å². The number of hydrogen-bond donors (Lipinski definition) is 1. The van der Waals surface area contributed by atoms with Gasteiger partial charge in [0.15, 0.2) is 11.6 Å². The molecular formula is C29H36N4O4. The number of ketones is 1. The van der Waals surface area contributed by atoms with Crippen molar-refractivity contribution in [2.45, 2.75) is 90.6 Å². The topological polar surface area (TPSA) is 107 Å². The molecule has 0 spiro atoms. The van der Waals surface area contributed by atoms with Crippen LogP contribution in [0.4, 0.5) is 0 Å². The predicted molar refractivity (Wildman–Crippen MR) is 138 cm³/mol. The second kappa shape index (κ2) is 9.88.